The van der Waals surface area contributed by atoms with E-state index in [-0.39, 0.29) is 0 Å². The first-order valence-corrected chi connectivity index (χ1v) is 21.0. The summed E-state index contributed by atoms with van der Waals surface area (Å²) >= 11 is 0. The molecular weight excluding hydrogens is 775 g/mol. The van der Waals surface area contributed by atoms with E-state index in [0.717, 1.165) is 116 Å². The van der Waals surface area contributed by atoms with Gasteiger partial charge in [0.1, 0.15) is 33.5 Å². The minimum atomic E-state index is 0.558. The molecule has 0 unspecified atom stereocenters. The maximum absolute atomic E-state index is 6.58. The summed E-state index contributed by atoms with van der Waals surface area (Å²) in [4.78, 5) is 15.5. The molecule has 0 saturated heterocycles. The Labute approximate surface area is 360 Å². The lowest BCUT2D eigenvalue weighted by Crippen LogP contribution is -2.00. The Kier molecular flexibility index (Phi) is 7.80. The van der Waals surface area contributed by atoms with Crippen molar-refractivity contribution in [3.8, 4) is 67.5 Å². The van der Waals surface area contributed by atoms with Crippen molar-refractivity contribution in [2.75, 3.05) is 0 Å². The van der Waals surface area contributed by atoms with Crippen molar-refractivity contribution >= 4 is 65.8 Å². The van der Waals surface area contributed by atoms with Gasteiger partial charge in [0.25, 0.3) is 0 Å². The number of hydrogen-bond donors (Lipinski definition) is 0. The number of rotatable bonds is 6. The first-order chi connectivity index (χ1) is 31.2. The molecule has 6 heteroatoms. The first-order valence-electron chi connectivity index (χ1n) is 21.0. The molecule has 294 valence electrons. The molecule has 0 amide bonds. The molecule has 9 aromatic carbocycles. The summed E-state index contributed by atoms with van der Waals surface area (Å²) in [6.07, 6.45) is 0. The second-order valence-electron chi connectivity index (χ2n) is 15.9. The highest BCUT2D eigenvalue weighted by molar-refractivity contribution is 6.17. The third-order valence-electron chi connectivity index (χ3n) is 12.2. The SMILES string of the molecule is c1ccc(-c2cc(-c3ccc4oc5cccc(-c6nc(-c7ccccc7)nc(-c7ccc(-c8cccc9c8oc8ccccc89)cc7)n6)c5c4c3)c3c(c2)oc2ccccc23)cc1. The number of aromatic nitrogens is 3. The van der Waals surface area contributed by atoms with Gasteiger partial charge in [-0.3, -0.25) is 0 Å². The van der Waals surface area contributed by atoms with E-state index < -0.39 is 0 Å². The summed E-state index contributed by atoms with van der Waals surface area (Å²) in [6.45, 7) is 0. The average molecular weight is 808 g/mol. The van der Waals surface area contributed by atoms with E-state index in [2.05, 4.69) is 121 Å². The third kappa shape index (κ3) is 5.76. The molecule has 0 saturated carbocycles. The van der Waals surface area contributed by atoms with E-state index in [9.17, 15) is 0 Å². The zero-order valence-corrected chi connectivity index (χ0v) is 33.6. The monoisotopic (exact) mass is 807 g/mol. The highest BCUT2D eigenvalue weighted by Crippen LogP contribution is 2.44. The van der Waals surface area contributed by atoms with Crippen molar-refractivity contribution in [3.63, 3.8) is 0 Å². The summed E-state index contributed by atoms with van der Waals surface area (Å²) in [7, 11) is 0. The fourth-order valence-electron chi connectivity index (χ4n) is 9.18. The molecular formula is C57H33N3O3. The van der Waals surface area contributed by atoms with Gasteiger partial charge >= 0.3 is 0 Å². The summed E-state index contributed by atoms with van der Waals surface area (Å²) in [5.74, 6) is 1.72. The Morgan fingerprint density at radius 1 is 0.254 bits per heavy atom. The highest BCUT2D eigenvalue weighted by Gasteiger charge is 2.21. The van der Waals surface area contributed by atoms with Crippen molar-refractivity contribution in [1.82, 2.24) is 15.0 Å². The molecule has 0 aliphatic carbocycles. The molecule has 13 rings (SSSR count). The number of furan rings is 3. The zero-order chi connectivity index (χ0) is 41.4. The van der Waals surface area contributed by atoms with E-state index in [1.54, 1.807) is 0 Å². The van der Waals surface area contributed by atoms with Crippen LogP contribution < -0.4 is 0 Å². The molecule has 6 nitrogen and oxygen atoms in total. The summed E-state index contributed by atoms with van der Waals surface area (Å²) in [6, 6.07) is 68.6. The van der Waals surface area contributed by atoms with Gasteiger partial charge in [0.2, 0.25) is 0 Å². The van der Waals surface area contributed by atoms with E-state index in [1.165, 1.54) is 0 Å². The van der Waals surface area contributed by atoms with Crippen LogP contribution in [0.2, 0.25) is 0 Å². The Morgan fingerprint density at radius 2 is 0.794 bits per heavy atom. The van der Waals surface area contributed by atoms with Crippen LogP contribution >= 0.6 is 0 Å². The van der Waals surface area contributed by atoms with E-state index in [0.29, 0.717) is 17.5 Å². The second kappa shape index (κ2) is 14.0. The van der Waals surface area contributed by atoms with Gasteiger partial charge in [-0.25, -0.2) is 15.0 Å². The lowest BCUT2D eigenvalue weighted by atomic mass is 9.93. The van der Waals surface area contributed by atoms with Gasteiger partial charge in [0.05, 0.1) is 0 Å². The lowest BCUT2D eigenvalue weighted by molar-refractivity contribution is 0.669. The summed E-state index contributed by atoms with van der Waals surface area (Å²) in [5.41, 5.74) is 14.0. The van der Waals surface area contributed by atoms with Gasteiger partial charge in [-0.05, 0) is 70.3 Å². The van der Waals surface area contributed by atoms with Crippen LogP contribution in [0.3, 0.4) is 0 Å². The molecule has 13 aromatic rings. The number of benzene rings is 9. The zero-order valence-electron chi connectivity index (χ0n) is 33.6. The largest absolute Gasteiger partial charge is 0.456 e. The number of para-hydroxylation sites is 3. The van der Waals surface area contributed by atoms with Crippen LogP contribution in [-0.4, -0.2) is 15.0 Å². The Hall–Kier alpha value is -8.61. The van der Waals surface area contributed by atoms with Gasteiger partial charge in [0.15, 0.2) is 17.5 Å². The van der Waals surface area contributed by atoms with Crippen LogP contribution in [-0.2, 0) is 0 Å². The standard InChI is InChI=1S/C57H33N3O3/c1-3-13-34(14-4-1)39-32-45(52-43-18-8-10-23-48(43)62-51(52)33-39)38-29-30-49-46(31-38)53-44(21-12-24-50(53)61-49)57-59-55(36-15-5-2-6-16-36)58-56(60-57)37-27-25-35(26-28-37)40-19-11-20-42-41-17-7-9-22-47(41)63-54(40)42/h1-33H. The van der Waals surface area contributed by atoms with Gasteiger partial charge in [-0.15, -0.1) is 0 Å². The predicted octanol–water partition coefficient (Wildman–Crippen LogP) is 15.6. The highest BCUT2D eigenvalue weighted by atomic mass is 16.3. The predicted molar refractivity (Wildman–Crippen MR) is 254 cm³/mol. The van der Waals surface area contributed by atoms with Gasteiger partial charge in [-0.1, -0.05) is 158 Å². The van der Waals surface area contributed by atoms with Crippen molar-refractivity contribution < 1.29 is 13.3 Å². The maximum Gasteiger partial charge on any atom is 0.164 e. The van der Waals surface area contributed by atoms with E-state index >= 15 is 0 Å². The van der Waals surface area contributed by atoms with Crippen molar-refractivity contribution in [2.45, 2.75) is 0 Å². The summed E-state index contributed by atoms with van der Waals surface area (Å²) < 4.78 is 19.5. The van der Waals surface area contributed by atoms with Crippen LogP contribution in [0, 0.1) is 0 Å². The van der Waals surface area contributed by atoms with Crippen molar-refractivity contribution in [2.24, 2.45) is 0 Å². The smallest absolute Gasteiger partial charge is 0.164 e. The van der Waals surface area contributed by atoms with Gasteiger partial charge < -0.3 is 13.3 Å². The number of fused-ring (bicyclic) bond motifs is 9. The van der Waals surface area contributed by atoms with Gasteiger partial charge in [-0.2, -0.15) is 0 Å². The normalized spacial score (nSPS) is 11.8. The molecule has 4 heterocycles. The third-order valence-corrected chi connectivity index (χ3v) is 12.2. The molecule has 63 heavy (non-hydrogen) atoms. The molecule has 0 bridgehead atoms. The van der Waals surface area contributed by atoms with Crippen LogP contribution in [0.5, 0.6) is 0 Å². The molecule has 0 spiro atoms. The van der Waals surface area contributed by atoms with E-state index in [1.807, 2.05) is 78.9 Å². The molecule has 0 N–H and O–H groups in total. The van der Waals surface area contributed by atoms with Gasteiger partial charge in [0, 0.05) is 54.6 Å². The molecule has 0 atom stereocenters. The fraction of sp³-hybridized carbons (Fsp3) is 0. The molecule has 0 aliphatic rings. The molecule has 0 fully saturated rings. The quantitative estimate of drug-likeness (QED) is 0.166. The minimum Gasteiger partial charge on any atom is -0.456 e. The molecule has 0 aliphatic heterocycles. The molecule has 0 radical (unpaired) electrons. The van der Waals surface area contributed by atoms with Crippen LogP contribution in [0.1, 0.15) is 0 Å². The topological polar surface area (TPSA) is 78.1 Å². The summed E-state index contributed by atoms with van der Waals surface area (Å²) in [5, 5.41) is 6.26. The Bertz CT molecular complexity index is 3900. The van der Waals surface area contributed by atoms with Crippen LogP contribution in [0.25, 0.3) is 133 Å². The van der Waals surface area contributed by atoms with Crippen LogP contribution in [0.15, 0.2) is 213 Å². The lowest BCUT2D eigenvalue weighted by Gasteiger charge is -2.10. The van der Waals surface area contributed by atoms with Crippen molar-refractivity contribution in [1.29, 1.82) is 0 Å². The Balaban J connectivity index is 0.976. The molecule has 4 aromatic heterocycles. The second-order valence-corrected chi connectivity index (χ2v) is 15.9. The fourth-order valence-corrected chi connectivity index (χ4v) is 9.18. The van der Waals surface area contributed by atoms with Crippen molar-refractivity contribution in [3.05, 3.63) is 200 Å². The first kappa shape index (κ1) is 35.2. The van der Waals surface area contributed by atoms with Crippen LogP contribution in [0.4, 0.5) is 0 Å². The Morgan fingerprint density at radius 3 is 1.59 bits per heavy atom. The minimum absolute atomic E-state index is 0.558. The average Bonchev–Trinajstić information content (AvgIpc) is 4.05. The maximum atomic E-state index is 6.58. The number of hydrogen-bond acceptors (Lipinski definition) is 6. The van der Waals surface area contributed by atoms with E-state index in [4.69, 9.17) is 28.2 Å². The number of nitrogens with zero attached hydrogens (tertiary/aromatic N) is 3.